The number of ether oxygens (including phenoxy) is 1. The van der Waals surface area contributed by atoms with Gasteiger partial charge in [0, 0.05) is 0 Å². The van der Waals surface area contributed by atoms with Gasteiger partial charge >= 0.3 is 21.6 Å². The minimum Gasteiger partial charge on any atom is -0.480 e. The minimum absolute atomic E-state index is 0.332. The van der Waals surface area contributed by atoms with Gasteiger partial charge in [0.25, 0.3) is 0 Å². The molecule has 0 bridgehead atoms. The largest absolute Gasteiger partial charge is 0.522 e. The molecule has 1 aliphatic rings. The highest BCUT2D eigenvalue weighted by Crippen LogP contribution is 2.20. The smallest absolute Gasteiger partial charge is 0.480 e. The fraction of sp³-hybridized carbons (Fsp3) is 0.429. The lowest BCUT2D eigenvalue weighted by atomic mass is 10.1. The number of carboxylic acid groups (broad SMARTS) is 1. The number of nitrogens with zero attached hydrogens (tertiary/aromatic N) is 1. The molecule has 0 saturated heterocycles. The number of hydrogen-bond donors (Lipinski definition) is 3. The summed E-state index contributed by atoms with van der Waals surface area (Å²) in [7, 11) is -5.84. The number of aliphatic carboxylic acids is 1. The lowest BCUT2D eigenvalue weighted by Gasteiger charge is -2.13. The Balaban J connectivity index is 0.000000359. The molecule has 0 amide bonds. The number of aliphatic imine (C=N–C) groups is 1. The Bertz CT molecular complexity index is 752. The zero-order valence-electron chi connectivity index (χ0n) is 13.4. The van der Waals surface area contributed by atoms with Gasteiger partial charge in [-0.15, -0.1) is 0 Å². The first-order valence-electron chi connectivity index (χ1n) is 7.13. The number of alkyl halides is 3. The highest BCUT2D eigenvalue weighted by atomic mass is 32.2. The van der Waals surface area contributed by atoms with Gasteiger partial charge in [-0.25, -0.2) is 9.79 Å². The summed E-state index contributed by atoms with van der Waals surface area (Å²) in [5, 5.41) is 8.95. The van der Waals surface area contributed by atoms with Gasteiger partial charge in [0.2, 0.25) is 5.90 Å². The standard InChI is InChI=1S/C13H16N2O3.CHF3O3S/c1-8-11(13(16)17)15-12(18-8)10(14)7-9-5-3-2-4-6-9;2-1(3,4)8(5,6)7/h2-6,8,10-11H,7,14H2,1H3,(H,16,17);(H,5,6,7)/t8-,10-,11-;/m0./s1. The lowest BCUT2D eigenvalue weighted by Crippen LogP contribution is -2.34. The molecule has 12 heteroatoms. The van der Waals surface area contributed by atoms with Gasteiger partial charge in [-0.2, -0.15) is 21.6 Å². The van der Waals surface area contributed by atoms with Crippen molar-refractivity contribution in [1.29, 1.82) is 0 Å². The molecule has 1 aromatic rings. The van der Waals surface area contributed by atoms with Gasteiger partial charge in [0.05, 0.1) is 6.04 Å². The van der Waals surface area contributed by atoms with Crippen molar-refractivity contribution in [2.24, 2.45) is 10.7 Å². The molecule has 2 rings (SSSR count). The Morgan fingerprint density at radius 1 is 1.35 bits per heavy atom. The number of rotatable bonds is 4. The molecule has 0 unspecified atom stereocenters. The van der Waals surface area contributed by atoms with Crippen LogP contribution in [-0.2, 0) is 26.1 Å². The Hall–Kier alpha value is -2.18. The van der Waals surface area contributed by atoms with Crippen LogP contribution >= 0.6 is 0 Å². The van der Waals surface area contributed by atoms with Gasteiger partial charge in [-0.05, 0) is 18.9 Å². The van der Waals surface area contributed by atoms with E-state index in [-0.39, 0.29) is 0 Å². The second kappa shape index (κ2) is 8.47. The monoisotopic (exact) mass is 398 g/mol. The van der Waals surface area contributed by atoms with Crippen molar-refractivity contribution in [2.75, 3.05) is 0 Å². The molecule has 0 aliphatic carbocycles. The number of hydrogen-bond acceptors (Lipinski definition) is 6. The van der Waals surface area contributed by atoms with Crippen LogP contribution in [0.1, 0.15) is 12.5 Å². The van der Waals surface area contributed by atoms with E-state index in [0.717, 1.165) is 5.56 Å². The van der Waals surface area contributed by atoms with Gasteiger partial charge in [-0.3, -0.25) is 4.55 Å². The fourth-order valence-corrected chi connectivity index (χ4v) is 1.92. The average Bonchev–Trinajstić information content (AvgIpc) is 2.89. The summed E-state index contributed by atoms with van der Waals surface area (Å²) in [6.45, 7) is 1.69. The third-order valence-electron chi connectivity index (χ3n) is 3.18. The molecule has 1 heterocycles. The van der Waals surface area contributed by atoms with Crippen molar-refractivity contribution < 1.29 is 40.8 Å². The zero-order chi connectivity index (χ0) is 20.1. The van der Waals surface area contributed by atoms with Crippen molar-refractivity contribution in [3.05, 3.63) is 35.9 Å². The molecule has 0 saturated carbocycles. The van der Waals surface area contributed by atoms with E-state index in [2.05, 4.69) is 4.99 Å². The maximum absolute atomic E-state index is 10.9. The molecular formula is C14H17F3N2O6S. The third-order valence-corrected chi connectivity index (χ3v) is 3.76. The van der Waals surface area contributed by atoms with E-state index >= 15 is 0 Å². The molecule has 1 aromatic carbocycles. The van der Waals surface area contributed by atoms with Crippen LogP contribution in [-0.4, -0.2) is 53.6 Å². The first kappa shape index (κ1) is 21.9. The van der Waals surface area contributed by atoms with E-state index in [1.807, 2.05) is 30.3 Å². The Morgan fingerprint density at radius 2 is 1.85 bits per heavy atom. The summed E-state index contributed by atoms with van der Waals surface area (Å²) >= 11 is 0. The van der Waals surface area contributed by atoms with Gasteiger partial charge < -0.3 is 15.6 Å². The van der Waals surface area contributed by atoms with Crippen LogP contribution < -0.4 is 5.73 Å². The molecule has 26 heavy (non-hydrogen) atoms. The summed E-state index contributed by atoms with van der Waals surface area (Å²) in [6.07, 6.45) is 0.123. The predicted molar refractivity (Wildman–Crippen MR) is 85.1 cm³/mol. The topological polar surface area (TPSA) is 139 Å². The van der Waals surface area contributed by atoms with Gasteiger partial charge in [0.15, 0.2) is 6.04 Å². The van der Waals surface area contributed by atoms with Crippen molar-refractivity contribution in [3.63, 3.8) is 0 Å². The van der Waals surface area contributed by atoms with Crippen molar-refractivity contribution in [3.8, 4) is 0 Å². The Morgan fingerprint density at radius 3 is 2.23 bits per heavy atom. The molecule has 4 N–H and O–H groups in total. The fourth-order valence-electron chi connectivity index (χ4n) is 1.92. The lowest BCUT2D eigenvalue weighted by molar-refractivity contribution is -0.139. The molecule has 0 radical (unpaired) electrons. The highest BCUT2D eigenvalue weighted by Gasteiger charge is 2.44. The van der Waals surface area contributed by atoms with Crippen molar-refractivity contribution in [1.82, 2.24) is 0 Å². The average molecular weight is 398 g/mol. The van der Waals surface area contributed by atoms with Crippen LogP contribution in [0.15, 0.2) is 35.3 Å². The summed E-state index contributed by atoms with van der Waals surface area (Å²) in [5.74, 6) is -0.650. The molecule has 3 atom stereocenters. The number of carbonyl (C=O) groups is 1. The zero-order valence-corrected chi connectivity index (χ0v) is 14.2. The third kappa shape index (κ3) is 6.28. The van der Waals surface area contributed by atoms with E-state index in [9.17, 15) is 18.0 Å². The molecule has 0 spiro atoms. The summed E-state index contributed by atoms with van der Waals surface area (Å²) in [6, 6.07) is 8.48. The second-order valence-electron chi connectivity index (χ2n) is 5.29. The van der Waals surface area contributed by atoms with E-state index in [1.165, 1.54) is 0 Å². The second-order valence-corrected chi connectivity index (χ2v) is 6.70. The van der Waals surface area contributed by atoms with Crippen LogP contribution in [0.5, 0.6) is 0 Å². The Labute approximate surface area is 147 Å². The van der Waals surface area contributed by atoms with Crippen molar-refractivity contribution in [2.45, 2.75) is 37.0 Å². The van der Waals surface area contributed by atoms with Crippen LogP contribution in [0, 0.1) is 0 Å². The number of benzene rings is 1. The van der Waals surface area contributed by atoms with E-state index < -0.39 is 39.8 Å². The SMILES string of the molecule is C[C@@H]1OC([C@@H](N)Cc2ccccc2)=N[C@@H]1C(=O)O.O=S(=O)(O)C(F)(F)F. The number of halogens is 3. The number of carboxylic acids is 1. The Kier molecular flexibility index (Phi) is 7.12. The van der Waals surface area contributed by atoms with Crippen LogP contribution in [0.25, 0.3) is 0 Å². The van der Waals surface area contributed by atoms with Crippen LogP contribution in [0.4, 0.5) is 13.2 Å². The minimum atomic E-state index is -5.84. The quantitative estimate of drug-likeness (QED) is 0.512. The van der Waals surface area contributed by atoms with Crippen LogP contribution in [0.2, 0.25) is 0 Å². The molecule has 1 aliphatic heterocycles. The maximum atomic E-state index is 10.9. The first-order chi connectivity index (χ1) is 11.8. The summed E-state index contributed by atoms with van der Waals surface area (Å²) < 4.78 is 63.0. The summed E-state index contributed by atoms with van der Waals surface area (Å²) in [5.41, 5.74) is 1.52. The van der Waals surface area contributed by atoms with Crippen molar-refractivity contribution >= 4 is 22.0 Å². The maximum Gasteiger partial charge on any atom is 0.522 e. The molecule has 146 valence electrons. The molecule has 8 nitrogen and oxygen atoms in total. The van der Waals surface area contributed by atoms with E-state index in [1.54, 1.807) is 6.92 Å². The van der Waals surface area contributed by atoms with Gasteiger partial charge in [-0.1, -0.05) is 30.3 Å². The van der Waals surface area contributed by atoms with E-state index in [0.29, 0.717) is 12.3 Å². The van der Waals surface area contributed by atoms with E-state index in [4.69, 9.17) is 28.5 Å². The van der Waals surface area contributed by atoms with Crippen LogP contribution in [0.3, 0.4) is 0 Å². The summed E-state index contributed by atoms with van der Waals surface area (Å²) in [4.78, 5) is 14.9. The predicted octanol–water partition coefficient (Wildman–Crippen LogP) is 1.22. The normalized spacial score (nSPS) is 21.1. The first-order valence-corrected chi connectivity index (χ1v) is 8.57. The number of nitrogens with two attached hydrogens (primary N) is 1. The van der Waals surface area contributed by atoms with Gasteiger partial charge in [0.1, 0.15) is 6.10 Å². The molecular weight excluding hydrogens is 381 g/mol. The highest BCUT2D eigenvalue weighted by molar-refractivity contribution is 7.86. The molecule has 0 fully saturated rings. The molecule has 0 aromatic heterocycles.